The van der Waals surface area contributed by atoms with Crippen molar-refractivity contribution >= 4 is 17.3 Å². The molecule has 1 saturated heterocycles. The average molecular weight is 368 g/mol. The second-order valence-electron chi connectivity index (χ2n) is 6.75. The molecule has 5 heteroatoms. The Kier molecular flexibility index (Phi) is 6.58. The van der Waals surface area contributed by atoms with Gasteiger partial charge in [-0.15, -0.1) is 0 Å². The van der Waals surface area contributed by atoms with Gasteiger partial charge < -0.3 is 19.7 Å². The lowest BCUT2D eigenvalue weighted by molar-refractivity contribution is -0.122. The van der Waals surface area contributed by atoms with Crippen LogP contribution in [0, 0.1) is 0 Å². The highest BCUT2D eigenvalue weighted by Gasteiger charge is 2.16. The quantitative estimate of drug-likeness (QED) is 0.783. The zero-order valence-corrected chi connectivity index (χ0v) is 16.1. The highest BCUT2D eigenvalue weighted by Crippen LogP contribution is 2.22. The Morgan fingerprint density at radius 1 is 1.00 bits per heavy atom. The molecule has 1 fully saturated rings. The van der Waals surface area contributed by atoms with Crippen molar-refractivity contribution < 1.29 is 14.3 Å². The van der Waals surface area contributed by atoms with Crippen LogP contribution in [0.2, 0.25) is 0 Å². The van der Waals surface area contributed by atoms with Gasteiger partial charge in [0.25, 0.3) is 5.91 Å². The summed E-state index contributed by atoms with van der Waals surface area (Å²) in [7, 11) is 0. The number of benzene rings is 2. The van der Waals surface area contributed by atoms with E-state index in [0.717, 1.165) is 24.5 Å². The standard InChI is InChI=1S/C22H28N2O3/c1-3-26-20-11-13-21(14-12-20)27-17(2)22(25)23-18-7-9-19(10-8-18)24-15-5-4-6-16-24/h7-14,17H,3-6,15-16H2,1-2H3,(H,23,25). The van der Waals surface area contributed by atoms with Crippen LogP contribution in [0.3, 0.4) is 0 Å². The summed E-state index contributed by atoms with van der Waals surface area (Å²) >= 11 is 0. The average Bonchev–Trinajstić information content (AvgIpc) is 2.71. The molecule has 0 saturated carbocycles. The monoisotopic (exact) mass is 368 g/mol. The summed E-state index contributed by atoms with van der Waals surface area (Å²) in [5.74, 6) is 1.26. The number of anilines is 2. The molecule has 144 valence electrons. The Bertz CT molecular complexity index is 722. The molecule has 1 aliphatic heterocycles. The third kappa shape index (κ3) is 5.39. The van der Waals surface area contributed by atoms with Crippen LogP contribution < -0.4 is 19.7 Å². The molecule has 0 aliphatic carbocycles. The highest BCUT2D eigenvalue weighted by molar-refractivity contribution is 5.94. The van der Waals surface area contributed by atoms with Crippen LogP contribution in [0.25, 0.3) is 0 Å². The third-order valence-corrected chi connectivity index (χ3v) is 4.67. The molecule has 1 atom stereocenters. The van der Waals surface area contributed by atoms with E-state index in [0.29, 0.717) is 12.4 Å². The van der Waals surface area contributed by atoms with Crippen molar-refractivity contribution in [1.82, 2.24) is 0 Å². The van der Waals surface area contributed by atoms with Crippen molar-refractivity contribution in [3.8, 4) is 11.5 Å². The fraction of sp³-hybridized carbons (Fsp3) is 0.409. The topological polar surface area (TPSA) is 50.8 Å². The van der Waals surface area contributed by atoms with Crippen molar-refractivity contribution in [2.45, 2.75) is 39.2 Å². The number of amides is 1. The van der Waals surface area contributed by atoms with Gasteiger partial charge in [0.2, 0.25) is 0 Å². The van der Waals surface area contributed by atoms with Gasteiger partial charge in [0, 0.05) is 24.5 Å². The Hall–Kier alpha value is -2.69. The zero-order chi connectivity index (χ0) is 19.1. The fourth-order valence-corrected chi connectivity index (χ4v) is 3.19. The maximum absolute atomic E-state index is 12.4. The van der Waals surface area contributed by atoms with Crippen LogP contribution >= 0.6 is 0 Å². The molecule has 0 aromatic heterocycles. The third-order valence-electron chi connectivity index (χ3n) is 4.67. The lowest BCUT2D eigenvalue weighted by Gasteiger charge is -2.28. The molecule has 1 N–H and O–H groups in total. The number of hydrogen-bond donors (Lipinski definition) is 1. The largest absolute Gasteiger partial charge is 0.494 e. The van der Waals surface area contributed by atoms with Crippen molar-refractivity contribution in [1.29, 1.82) is 0 Å². The van der Waals surface area contributed by atoms with Crippen LogP contribution in [-0.4, -0.2) is 31.7 Å². The summed E-state index contributed by atoms with van der Waals surface area (Å²) in [6, 6.07) is 15.3. The number of carbonyl (C=O) groups is 1. The van der Waals surface area contributed by atoms with Crippen LogP contribution in [0.1, 0.15) is 33.1 Å². The molecule has 5 nitrogen and oxygen atoms in total. The van der Waals surface area contributed by atoms with E-state index in [9.17, 15) is 4.79 Å². The van der Waals surface area contributed by atoms with Gasteiger partial charge in [-0.1, -0.05) is 0 Å². The van der Waals surface area contributed by atoms with E-state index in [2.05, 4.69) is 22.3 Å². The number of ether oxygens (including phenoxy) is 2. The SMILES string of the molecule is CCOc1ccc(OC(C)C(=O)Nc2ccc(N3CCCCC3)cc2)cc1. The Morgan fingerprint density at radius 3 is 2.26 bits per heavy atom. The number of piperidine rings is 1. The summed E-state index contributed by atoms with van der Waals surface area (Å²) in [5.41, 5.74) is 1.99. The molecule has 1 amide bonds. The van der Waals surface area contributed by atoms with Gasteiger partial charge in [-0.05, 0) is 81.6 Å². The fourth-order valence-electron chi connectivity index (χ4n) is 3.19. The number of carbonyl (C=O) groups excluding carboxylic acids is 1. The van der Waals surface area contributed by atoms with E-state index in [4.69, 9.17) is 9.47 Å². The lowest BCUT2D eigenvalue weighted by atomic mass is 10.1. The molecule has 27 heavy (non-hydrogen) atoms. The normalized spacial score (nSPS) is 15.1. The van der Waals surface area contributed by atoms with Gasteiger partial charge >= 0.3 is 0 Å². The van der Waals surface area contributed by atoms with Crippen LogP contribution in [0.4, 0.5) is 11.4 Å². The number of nitrogens with zero attached hydrogens (tertiary/aromatic N) is 1. The summed E-state index contributed by atoms with van der Waals surface area (Å²) < 4.78 is 11.1. The van der Waals surface area contributed by atoms with Gasteiger partial charge in [-0.25, -0.2) is 0 Å². The smallest absolute Gasteiger partial charge is 0.265 e. The van der Waals surface area contributed by atoms with E-state index < -0.39 is 6.10 Å². The molecule has 2 aromatic rings. The minimum atomic E-state index is -0.593. The van der Waals surface area contributed by atoms with Gasteiger partial charge in [-0.3, -0.25) is 4.79 Å². The van der Waals surface area contributed by atoms with Crippen LogP contribution in [-0.2, 0) is 4.79 Å². The molecule has 0 radical (unpaired) electrons. The highest BCUT2D eigenvalue weighted by atomic mass is 16.5. The first-order valence-electron chi connectivity index (χ1n) is 9.71. The number of hydrogen-bond acceptors (Lipinski definition) is 4. The number of nitrogens with one attached hydrogen (secondary N) is 1. The van der Waals surface area contributed by atoms with Crippen molar-refractivity contribution in [3.63, 3.8) is 0 Å². The van der Waals surface area contributed by atoms with Crippen LogP contribution in [0.5, 0.6) is 11.5 Å². The van der Waals surface area contributed by atoms with E-state index >= 15 is 0 Å². The first kappa shape index (κ1) is 19.1. The summed E-state index contributed by atoms with van der Waals surface area (Å²) in [6.07, 6.45) is 3.22. The molecule has 1 heterocycles. The summed E-state index contributed by atoms with van der Waals surface area (Å²) in [6.45, 7) is 6.52. The van der Waals surface area contributed by atoms with E-state index in [-0.39, 0.29) is 5.91 Å². The zero-order valence-electron chi connectivity index (χ0n) is 16.1. The predicted octanol–water partition coefficient (Wildman–Crippen LogP) is 4.48. The van der Waals surface area contributed by atoms with Crippen molar-refractivity contribution in [2.24, 2.45) is 0 Å². The van der Waals surface area contributed by atoms with E-state index in [1.54, 1.807) is 6.92 Å². The van der Waals surface area contributed by atoms with Gasteiger partial charge in [0.1, 0.15) is 11.5 Å². The molecular formula is C22H28N2O3. The second kappa shape index (κ2) is 9.31. The molecule has 3 rings (SSSR count). The maximum atomic E-state index is 12.4. The molecule has 1 aliphatic rings. The van der Waals surface area contributed by atoms with E-state index in [1.165, 1.54) is 24.9 Å². The van der Waals surface area contributed by atoms with Gasteiger partial charge in [0.05, 0.1) is 6.61 Å². The Labute approximate surface area is 161 Å². The van der Waals surface area contributed by atoms with Gasteiger partial charge in [0.15, 0.2) is 6.10 Å². The number of rotatable bonds is 7. The summed E-state index contributed by atoms with van der Waals surface area (Å²) in [5, 5.41) is 2.92. The van der Waals surface area contributed by atoms with Crippen molar-refractivity contribution in [2.75, 3.05) is 29.9 Å². The molecule has 2 aromatic carbocycles. The minimum absolute atomic E-state index is 0.172. The molecule has 0 spiro atoms. The van der Waals surface area contributed by atoms with Crippen LogP contribution in [0.15, 0.2) is 48.5 Å². The maximum Gasteiger partial charge on any atom is 0.265 e. The van der Waals surface area contributed by atoms with E-state index in [1.807, 2.05) is 43.3 Å². The lowest BCUT2D eigenvalue weighted by Crippen LogP contribution is -2.30. The molecule has 0 bridgehead atoms. The first-order valence-corrected chi connectivity index (χ1v) is 9.71. The Balaban J connectivity index is 1.52. The molecular weight excluding hydrogens is 340 g/mol. The second-order valence-corrected chi connectivity index (χ2v) is 6.75. The molecule has 1 unspecified atom stereocenters. The van der Waals surface area contributed by atoms with Gasteiger partial charge in [-0.2, -0.15) is 0 Å². The summed E-state index contributed by atoms with van der Waals surface area (Å²) in [4.78, 5) is 14.8. The van der Waals surface area contributed by atoms with Crippen molar-refractivity contribution in [3.05, 3.63) is 48.5 Å². The Morgan fingerprint density at radius 2 is 1.63 bits per heavy atom. The predicted molar refractivity (Wildman–Crippen MR) is 109 cm³/mol. The minimum Gasteiger partial charge on any atom is -0.494 e. The first-order chi connectivity index (χ1) is 13.2.